The maximum atomic E-state index is 6.21. The third-order valence-electron chi connectivity index (χ3n) is 3.58. The summed E-state index contributed by atoms with van der Waals surface area (Å²) in [4.78, 5) is 2.50. The second-order valence-corrected chi connectivity index (χ2v) is 5.57. The zero-order valence-corrected chi connectivity index (χ0v) is 11.2. The molecule has 3 heteroatoms. The molecule has 1 aliphatic heterocycles. The fourth-order valence-corrected chi connectivity index (χ4v) is 2.66. The van der Waals surface area contributed by atoms with Crippen molar-refractivity contribution in [2.45, 2.75) is 32.7 Å². The lowest BCUT2D eigenvalue weighted by molar-refractivity contribution is 0.274. The number of hydrogen-bond acceptors (Lipinski definition) is 2. The molecule has 1 atom stereocenters. The van der Waals surface area contributed by atoms with E-state index < -0.39 is 0 Å². The Morgan fingerprint density at radius 2 is 2.18 bits per heavy atom. The number of benzene rings is 1. The molecule has 1 heterocycles. The molecule has 1 aromatic rings. The molecule has 0 aromatic heterocycles. The molecule has 1 aromatic carbocycles. The minimum atomic E-state index is 0.739. The Morgan fingerprint density at radius 3 is 2.94 bits per heavy atom. The van der Waals surface area contributed by atoms with E-state index >= 15 is 0 Å². The number of anilines is 1. The summed E-state index contributed by atoms with van der Waals surface area (Å²) in [6.45, 7) is 5.67. The summed E-state index contributed by atoms with van der Waals surface area (Å²) in [6, 6.07) is 5.82. The van der Waals surface area contributed by atoms with E-state index in [1.54, 1.807) is 0 Å². The zero-order valence-electron chi connectivity index (χ0n) is 10.5. The van der Waals surface area contributed by atoms with Gasteiger partial charge >= 0.3 is 0 Å². The quantitative estimate of drug-likeness (QED) is 0.816. The highest BCUT2D eigenvalue weighted by atomic mass is 35.5. The SMILES string of the molecule is CC1CCCN(Cc2ccc(N)cc2Cl)CC1. The Hall–Kier alpha value is -0.730. The fourth-order valence-electron chi connectivity index (χ4n) is 2.41. The highest BCUT2D eigenvalue weighted by molar-refractivity contribution is 6.31. The second-order valence-electron chi connectivity index (χ2n) is 5.16. The van der Waals surface area contributed by atoms with E-state index in [1.165, 1.54) is 37.9 Å². The summed E-state index contributed by atoms with van der Waals surface area (Å²) in [6.07, 6.45) is 3.95. The van der Waals surface area contributed by atoms with Crippen LogP contribution >= 0.6 is 11.6 Å². The summed E-state index contributed by atoms with van der Waals surface area (Å²) >= 11 is 6.21. The van der Waals surface area contributed by atoms with Crippen molar-refractivity contribution in [3.63, 3.8) is 0 Å². The fraction of sp³-hybridized carbons (Fsp3) is 0.571. The number of nitrogens with zero attached hydrogens (tertiary/aromatic N) is 1. The Balaban J connectivity index is 2.00. The number of nitrogen functional groups attached to an aromatic ring is 1. The maximum absolute atomic E-state index is 6.21. The van der Waals surface area contributed by atoms with Gasteiger partial charge in [0.15, 0.2) is 0 Å². The van der Waals surface area contributed by atoms with E-state index in [4.69, 9.17) is 17.3 Å². The molecule has 94 valence electrons. The Labute approximate surface area is 109 Å². The van der Waals surface area contributed by atoms with E-state index in [9.17, 15) is 0 Å². The van der Waals surface area contributed by atoms with Gasteiger partial charge in [-0.05, 0) is 56.0 Å². The second kappa shape index (κ2) is 5.74. The van der Waals surface area contributed by atoms with Gasteiger partial charge in [-0.2, -0.15) is 0 Å². The molecule has 0 amide bonds. The predicted octanol–water partition coefficient (Wildman–Crippen LogP) is 3.54. The lowest BCUT2D eigenvalue weighted by atomic mass is 10.0. The maximum Gasteiger partial charge on any atom is 0.0471 e. The molecule has 2 nitrogen and oxygen atoms in total. The first-order valence-corrected chi connectivity index (χ1v) is 6.79. The van der Waals surface area contributed by atoms with Gasteiger partial charge in [0.25, 0.3) is 0 Å². The first-order valence-electron chi connectivity index (χ1n) is 6.41. The largest absolute Gasteiger partial charge is 0.399 e. The van der Waals surface area contributed by atoms with Crippen LogP contribution in [0.25, 0.3) is 0 Å². The van der Waals surface area contributed by atoms with E-state index in [0.717, 1.165) is 23.2 Å². The van der Waals surface area contributed by atoms with Gasteiger partial charge in [-0.15, -0.1) is 0 Å². The third kappa shape index (κ3) is 3.62. The normalized spacial score (nSPS) is 22.4. The molecule has 1 fully saturated rings. The Kier molecular flexibility index (Phi) is 4.30. The Bertz CT molecular complexity index is 378. The first kappa shape index (κ1) is 12.7. The van der Waals surface area contributed by atoms with Crippen molar-refractivity contribution < 1.29 is 0 Å². The number of nitrogens with two attached hydrogens (primary N) is 1. The molecule has 1 aliphatic rings. The highest BCUT2D eigenvalue weighted by Gasteiger charge is 2.14. The van der Waals surface area contributed by atoms with E-state index in [1.807, 2.05) is 18.2 Å². The monoisotopic (exact) mass is 252 g/mol. The zero-order chi connectivity index (χ0) is 12.3. The van der Waals surface area contributed by atoms with Crippen molar-refractivity contribution >= 4 is 17.3 Å². The number of hydrogen-bond donors (Lipinski definition) is 1. The summed E-state index contributed by atoms with van der Waals surface area (Å²) in [5.74, 6) is 0.863. The van der Waals surface area contributed by atoms with Gasteiger partial charge < -0.3 is 5.73 Å². The third-order valence-corrected chi connectivity index (χ3v) is 3.93. The molecule has 2 rings (SSSR count). The molecule has 2 N–H and O–H groups in total. The van der Waals surface area contributed by atoms with Crippen LogP contribution in [-0.2, 0) is 6.54 Å². The van der Waals surface area contributed by atoms with Crippen molar-refractivity contribution in [3.05, 3.63) is 28.8 Å². The van der Waals surface area contributed by atoms with Gasteiger partial charge in [-0.3, -0.25) is 4.90 Å². The van der Waals surface area contributed by atoms with Crippen LogP contribution in [0.15, 0.2) is 18.2 Å². The predicted molar refractivity (Wildman–Crippen MR) is 74.2 cm³/mol. The summed E-state index contributed by atoms with van der Waals surface area (Å²) in [5.41, 5.74) is 7.64. The van der Waals surface area contributed by atoms with Crippen molar-refractivity contribution in [2.75, 3.05) is 18.8 Å². The molecule has 1 saturated heterocycles. The van der Waals surface area contributed by atoms with Gasteiger partial charge in [-0.25, -0.2) is 0 Å². The molecule has 0 aliphatic carbocycles. The smallest absolute Gasteiger partial charge is 0.0471 e. The average Bonchev–Trinajstić information content (AvgIpc) is 2.48. The number of halogens is 1. The minimum Gasteiger partial charge on any atom is -0.399 e. The Morgan fingerprint density at radius 1 is 1.35 bits per heavy atom. The molecule has 0 spiro atoms. The van der Waals surface area contributed by atoms with Gasteiger partial charge in [-0.1, -0.05) is 24.6 Å². The van der Waals surface area contributed by atoms with Crippen molar-refractivity contribution in [3.8, 4) is 0 Å². The molecule has 0 bridgehead atoms. The summed E-state index contributed by atoms with van der Waals surface area (Å²) in [7, 11) is 0. The van der Waals surface area contributed by atoms with Gasteiger partial charge in [0.2, 0.25) is 0 Å². The van der Waals surface area contributed by atoms with Gasteiger partial charge in [0, 0.05) is 17.3 Å². The highest BCUT2D eigenvalue weighted by Crippen LogP contribution is 2.23. The van der Waals surface area contributed by atoms with E-state index in [-0.39, 0.29) is 0 Å². The molecular formula is C14H21ClN2. The minimum absolute atomic E-state index is 0.739. The van der Waals surface area contributed by atoms with Crippen molar-refractivity contribution in [1.29, 1.82) is 0 Å². The van der Waals surface area contributed by atoms with Crippen LogP contribution in [0, 0.1) is 5.92 Å². The van der Waals surface area contributed by atoms with Crippen molar-refractivity contribution in [2.24, 2.45) is 5.92 Å². The van der Waals surface area contributed by atoms with Crippen LogP contribution in [-0.4, -0.2) is 18.0 Å². The molecule has 0 radical (unpaired) electrons. The van der Waals surface area contributed by atoms with Crippen LogP contribution in [0.4, 0.5) is 5.69 Å². The number of rotatable bonds is 2. The topological polar surface area (TPSA) is 29.3 Å². The summed E-state index contributed by atoms with van der Waals surface area (Å²) in [5, 5.41) is 0.794. The van der Waals surface area contributed by atoms with Crippen LogP contribution in [0.2, 0.25) is 5.02 Å². The summed E-state index contributed by atoms with van der Waals surface area (Å²) < 4.78 is 0. The standard InChI is InChI=1S/C14H21ClN2/c1-11-3-2-7-17(8-6-11)10-12-4-5-13(16)9-14(12)15/h4-5,9,11H,2-3,6-8,10,16H2,1H3. The van der Waals surface area contributed by atoms with E-state index in [2.05, 4.69) is 11.8 Å². The van der Waals surface area contributed by atoms with Crippen LogP contribution < -0.4 is 5.73 Å². The molecule has 0 saturated carbocycles. The number of likely N-dealkylation sites (tertiary alicyclic amines) is 1. The van der Waals surface area contributed by atoms with Crippen LogP contribution in [0.5, 0.6) is 0 Å². The van der Waals surface area contributed by atoms with Crippen LogP contribution in [0.1, 0.15) is 31.7 Å². The molecule has 1 unspecified atom stereocenters. The lowest BCUT2D eigenvalue weighted by Gasteiger charge is -2.20. The molecular weight excluding hydrogens is 232 g/mol. The van der Waals surface area contributed by atoms with Gasteiger partial charge in [0.1, 0.15) is 0 Å². The van der Waals surface area contributed by atoms with Gasteiger partial charge in [0.05, 0.1) is 0 Å². The van der Waals surface area contributed by atoms with Crippen molar-refractivity contribution in [1.82, 2.24) is 4.90 Å². The molecule has 17 heavy (non-hydrogen) atoms. The van der Waals surface area contributed by atoms with Crippen LogP contribution in [0.3, 0.4) is 0 Å². The average molecular weight is 253 g/mol. The van der Waals surface area contributed by atoms with E-state index in [0.29, 0.717) is 0 Å². The first-order chi connectivity index (χ1) is 8.15. The lowest BCUT2D eigenvalue weighted by Crippen LogP contribution is -2.24.